The van der Waals surface area contributed by atoms with Crippen LogP contribution in [0.15, 0.2) is 112 Å². The second-order valence-corrected chi connectivity index (χ2v) is 27.5. The molecule has 0 spiro atoms. The first-order valence-corrected chi connectivity index (χ1v) is 34.1. The highest BCUT2D eigenvalue weighted by molar-refractivity contribution is 7.99. The van der Waals surface area contributed by atoms with Crippen LogP contribution in [0.5, 0.6) is 11.6 Å². The van der Waals surface area contributed by atoms with Gasteiger partial charge in [0.15, 0.2) is 11.3 Å². The Morgan fingerprint density at radius 3 is 1.89 bits per heavy atom. The molecule has 0 saturated carbocycles. The molecular weight excluding hydrogens is 1290 g/mol. The Morgan fingerprint density at radius 2 is 1.29 bits per heavy atom. The summed E-state index contributed by atoms with van der Waals surface area (Å²) in [5.41, 5.74) is 2.86. The van der Waals surface area contributed by atoms with Crippen molar-refractivity contribution in [3.05, 3.63) is 94.5 Å². The third-order valence-corrected chi connectivity index (χ3v) is 16.7. The van der Waals surface area contributed by atoms with Crippen LogP contribution in [0.3, 0.4) is 0 Å². The summed E-state index contributed by atoms with van der Waals surface area (Å²) in [7, 11) is -25.2. The third-order valence-electron chi connectivity index (χ3n) is 11.3. The maximum atomic E-state index is 12.6. The highest BCUT2D eigenvalue weighted by Gasteiger charge is 2.25. The van der Waals surface area contributed by atoms with E-state index in [0.717, 1.165) is 41.3 Å². The van der Waals surface area contributed by atoms with E-state index in [9.17, 15) is 75.8 Å². The van der Waals surface area contributed by atoms with Crippen molar-refractivity contribution in [2.45, 2.75) is 54.9 Å². The maximum absolute atomic E-state index is 12.6. The zero-order valence-electron chi connectivity index (χ0n) is 43.9. The normalized spacial score (nSPS) is 12.5. The Balaban J connectivity index is 0.00000120. The van der Waals surface area contributed by atoms with Crippen LogP contribution < -0.4 is 4.74 Å². The minimum Gasteiger partial charge on any atom is -0.493 e. The number of rotatable bonds is 19. The molecule has 7 N–H and O–H groups in total. The summed E-state index contributed by atoms with van der Waals surface area (Å²) in [6, 6.07) is 18.2. The van der Waals surface area contributed by atoms with E-state index in [0.29, 0.717) is 33.3 Å². The van der Waals surface area contributed by atoms with Crippen LogP contribution in [0, 0.1) is 32.1 Å². The standard InChI is InChI=1S/C45H40N10O15S6.CH4O3S.O3S/c1-23-14-34(51-53-40-25(3)30(21-46)43-47-31-8-4-5-9-36(31)55(43)44(40)57)37(70-10-6-12-73(58,59)60)19-32(23)49-52-35-15-24(2)33(20-38(35)71-11-7-13-74(61,62)63)50-54-45-48-41-39(76(67,68)69)18-28-26(22-56)16-27(75(64,65)66)17-29(28)42(41)72-45;1-5(2,3)4;1-4(2)3/h4-5,8-9,14-20,56-57H,6-7,10-13,22H2,1-3H3,(H,58,59,60)(H,61,62,63)(H,64,65,66)(H,67,68,69);1H3,(H,2,3,4);. The molecular formula is C46H44N10O21S8. The lowest BCUT2D eigenvalue weighted by atomic mass is 10.0. The van der Waals surface area contributed by atoms with E-state index in [-0.39, 0.29) is 114 Å². The molecule has 0 atom stereocenters. The molecule has 5 aromatic carbocycles. The van der Waals surface area contributed by atoms with Gasteiger partial charge in [-0.3, -0.25) is 27.2 Å². The predicted molar refractivity (Wildman–Crippen MR) is 307 cm³/mol. The minimum absolute atomic E-state index is 0.00710. The van der Waals surface area contributed by atoms with Gasteiger partial charge in [-0.1, -0.05) is 23.5 Å². The second-order valence-electron chi connectivity index (χ2n) is 17.6. The van der Waals surface area contributed by atoms with Crippen LogP contribution in [0.4, 0.5) is 33.6 Å². The number of aliphatic hydroxyl groups excluding tert-OH is 1. The molecule has 31 nitrogen and oxygen atoms in total. The lowest BCUT2D eigenvalue weighted by Crippen LogP contribution is -2.08. The lowest BCUT2D eigenvalue weighted by Gasteiger charge is -2.12. The number of azo groups is 3. The number of aromatic hydroxyl groups is 1. The van der Waals surface area contributed by atoms with E-state index < -0.39 is 89.1 Å². The van der Waals surface area contributed by atoms with Gasteiger partial charge in [-0.25, -0.2) is 9.97 Å². The summed E-state index contributed by atoms with van der Waals surface area (Å²) in [5, 5.41) is 57.8. The lowest BCUT2D eigenvalue weighted by molar-refractivity contribution is 0.283. The number of aromatic nitrogens is 3. The molecule has 0 saturated heterocycles. The smallest absolute Gasteiger partial charge is 0.425 e. The van der Waals surface area contributed by atoms with Crippen molar-refractivity contribution < 1.29 is 92.4 Å². The van der Waals surface area contributed by atoms with Gasteiger partial charge >= 0.3 is 10.6 Å². The zero-order valence-corrected chi connectivity index (χ0v) is 50.4. The number of hydrogen-bond acceptors (Lipinski definition) is 27. The monoisotopic (exact) mass is 1330 g/mol. The molecule has 0 fully saturated rings. The average molecular weight is 1330 g/mol. The second kappa shape index (κ2) is 26.9. The van der Waals surface area contributed by atoms with Gasteiger partial charge in [0.25, 0.3) is 50.6 Å². The molecule has 85 heavy (non-hydrogen) atoms. The van der Waals surface area contributed by atoms with Gasteiger partial charge < -0.3 is 14.9 Å². The van der Waals surface area contributed by atoms with E-state index in [1.54, 1.807) is 57.2 Å². The first kappa shape index (κ1) is 66.7. The molecule has 0 radical (unpaired) electrons. The van der Waals surface area contributed by atoms with Gasteiger partial charge in [-0.05, 0) is 110 Å². The van der Waals surface area contributed by atoms with Gasteiger partial charge in [0.05, 0.1) is 68.7 Å². The fourth-order valence-electron chi connectivity index (χ4n) is 7.72. The van der Waals surface area contributed by atoms with Crippen molar-refractivity contribution in [2.24, 2.45) is 30.7 Å². The Labute approximate surface area is 492 Å². The van der Waals surface area contributed by atoms with Crippen LogP contribution in [0.1, 0.15) is 40.7 Å². The molecule has 0 aliphatic carbocycles. The fourth-order valence-corrected chi connectivity index (χ4v) is 12.1. The summed E-state index contributed by atoms with van der Waals surface area (Å²) in [5.74, 6) is -1.36. The van der Waals surface area contributed by atoms with Crippen LogP contribution in [0.2, 0.25) is 0 Å². The van der Waals surface area contributed by atoms with Crippen LogP contribution in [-0.2, 0) is 67.8 Å². The van der Waals surface area contributed by atoms with E-state index in [1.807, 2.05) is 0 Å². The van der Waals surface area contributed by atoms with Crippen LogP contribution in [0.25, 0.3) is 37.7 Å². The number of fused-ring (bicyclic) bond motifs is 6. The van der Waals surface area contributed by atoms with Crippen molar-refractivity contribution in [2.75, 3.05) is 30.1 Å². The summed E-state index contributed by atoms with van der Waals surface area (Å²) >= 11 is 1.88. The van der Waals surface area contributed by atoms with Gasteiger partial charge in [-0.2, -0.15) is 52.5 Å². The predicted octanol–water partition coefficient (Wildman–Crippen LogP) is 8.51. The van der Waals surface area contributed by atoms with Gasteiger partial charge in [-0.15, -0.1) is 50.0 Å². The zero-order chi connectivity index (χ0) is 63.1. The number of thiazole rings is 1. The van der Waals surface area contributed by atoms with Crippen LogP contribution in [-0.4, -0.2) is 132 Å². The van der Waals surface area contributed by atoms with E-state index in [1.165, 1.54) is 16.5 Å². The molecule has 8 rings (SSSR count). The Kier molecular flexibility index (Phi) is 21.1. The number of aryl methyl sites for hydroxylation is 2. The van der Waals surface area contributed by atoms with Crippen molar-refractivity contribution in [1.82, 2.24) is 14.4 Å². The van der Waals surface area contributed by atoms with Gasteiger partial charge in [0, 0.05) is 21.9 Å². The first-order valence-electron chi connectivity index (χ1n) is 23.4. The van der Waals surface area contributed by atoms with Crippen molar-refractivity contribution >= 4 is 156 Å². The van der Waals surface area contributed by atoms with Crippen LogP contribution >= 0.6 is 23.1 Å². The summed E-state index contributed by atoms with van der Waals surface area (Å²) in [4.78, 5) is 7.89. The Bertz CT molecular complexity index is 4830. The number of imidazole rings is 1. The molecule has 0 unspecified atom stereocenters. The molecule has 39 heteroatoms. The van der Waals surface area contributed by atoms with Crippen molar-refractivity contribution in [1.29, 1.82) is 5.26 Å². The molecule has 0 aliphatic heterocycles. The summed E-state index contributed by atoms with van der Waals surface area (Å²) in [6.07, 6.45) is 0.585. The number of para-hydroxylation sites is 2. The van der Waals surface area contributed by atoms with E-state index >= 15 is 0 Å². The number of ether oxygens (including phenoxy) is 1. The molecule has 452 valence electrons. The molecule has 0 bridgehead atoms. The quantitative estimate of drug-likeness (QED) is 0.0172. The number of hydrogen-bond donors (Lipinski definition) is 7. The average Bonchev–Trinajstić information content (AvgIpc) is 1.85. The number of pyridine rings is 1. The maximum Gasteiger partial charge on any atom is 0.425 e. The number of nitrogens with zero attached hydrogens (tertiary/aromatic N) is 10. The Morgan fingerprint density at radius 1 is 0.718 bits per heavy atom. The topological polar surface area (TPSA) is 501 Å². The molecule has 3 aromatic heterocycles. The van der Waals surface area contributed by atoms with Crippen molar-refractivity contribution in [3.63, 3.8) is 0 Å². The third kappa shape index (κ3) is 17.8. The highest BCUT2D eigenvalue weighted by Crippen LogP contribution is 2.44. The summed E-state index contributed by atoms with van der Waals surface area (Å²) in [6.45, 7) is 3.88. The number of aliphatic hydroxyl groups is 1. The highest BCUT2D eigenvalue weighted by atomic mass is 32.2. The summed E-state index contributed by atoms with van der Waals surface area (Å²) < 4.78 is 193. The van der Waals surface area contributed by atoms with E-state index in [2.05, 4.69) is 46.7 Å². The number of thioether (sulfide) groups is 1. The molecule has 0 amide bonds. The Hall–Kier alpha value is -7.43. The van der Waals surface area contributed by atoms with E-state index in [4.69, 9.17) is 21.9 Å². The first-order chi connectivity index (χ1) is 39.5. The fraction of sp³-hybridized carbons (Fsp3) is 0.239. The van der Waals surface area contributed by atoms with Gasteiger partial charge in [0.2, 0.25) is 11.0 Å². The SMILES string of the molecule is CS(=O)(=O)O.Cc1cc(N=Nc2cc(OCCCS(=O)(=O)O)c(N=Nc3c(C)c(C#N)c4nc5ccccc5n4c3O)cc2C)c(SCCCS(=O)(=O)O)cc1N=Nc1nc2c(S(=O)(=O)O)cc3c(CO)cc(S(=O)(=O)O)cc3c2s1.O=S(=O)=O. The number of nitriles is 1. The van der Waals surface area contributed by atoms with Gasteiger partial charge in [0.1, 0.15) is 33.5 Å². The molecule has 3 heterocycles. The molecule has 8 aromatic rings. The van der Waals surface area contributed by atoms with Crippen molar-refractivity contribution in [3.8, 4) is 17.7 Å². The molecule has 0 aliphatic rings. The largest absolute Gasteiger partial charge is 0.493 e. The minimum atomic E-state index is -4.96. The number of benzene rings is 5.